The number of rotatable bonds is 6. The van der Waals surface area contributed by atoms with Gasteiger partial charge in [0.25, 0.3) is 0 Å². The number of sulfonamides is 1. The molecule has 0 aliphatic rings. The van der Waals surface area contributed by atoms with Crippen LogP contribution in [0.1, 0.15) is 11.4 Å². The summed E-state index contributed by atoms with van der Waals surface area (Å²) in [5.41, 5.74) is 3.41. The van der Waals surface area contributed by atoms with Crippen LogP contribution >= 0.6 is 12.2 Å². The second kappa shape index (κ2) is 8.62. The second-order valence-electron chi connectivity index (χ2n) is 6.60. The topological polar surface area (TPSA) is 79.3 Å². The molecule has 0 aliphatic heterocycles. The van der Waals surface area contributed by atoms with Crippen LogP contribution in [-0.4, -0.2) is 36.4 Å². The molecule has 0 radical (unpaired) electrons. The molecule has 0 bridgehead atoms. The number of anilines is 2. The number of thiocarbonyl (C=S) groups is 1. The predicted octanol–water partition coefficient (Wildman–Crippen LogP) is 3.06. The van der Waals surface area contributed by atoms with E-state index in [0.29, 0.717) is 23.0 Å². The molecule has 7 nitrogen and oxygen atoms in total. The smallest absolute Gasteiger partial charge is 0.231 e. The van der Waals surface area contributed by atoms with Gasteiger partial charge >= 0.3 is 0 Å². The molecule has 0 unspecified atom stereocenters. The zero-order chi connectivity index (χ0) is 21.0. The minimum Gasteiger partial charge on any atom is -0.358 e. The van der Waals surface area contributed by atoms with E-state index in [2.05, 4.69) is 15.6 Å². The molecule has 0 saturated heterocycles. The van der Waals surface area contributed by atoms with Crippen molar-refractivity contribution in [2.45, 2.75) is 13.5 Å². The second-order valence-corrected chi connectivity index (χ2v) is 9.02. The van der Waals surface area contributed by atoms with Crippen LogP contribution in [0.4, 0.5) is 11.4 Å². The average molecular weight is 430 g/mol. The number of benzene rings is 2. The maximum absolute atomic E-state index is 11.7. The molecule has 0 saturated carbocycles. The van der Waals surface area contributed by atoms with Crippen LogP contribution in [0.3, 0.4) is 0 Å². The largest absolute Gasteiger partial charge is 0.358 e. The Morgan fingerprint density at radius 3 is 2.55 bits per heavy atom. The van der Waals surface area contributed by atoms with Crippen molar-refractivity contribution in [1.82, 2.24) is 14.9 Å². The van der Waals surface area contributed by atoms with Gasteiger partial charge in [0.05, 0.1) is 11.9 Å². The van der Waals surface area contributed by atoms with Crippen molar-refractivity contribution in [3.05, 3.63) is 72.3 Å². The summed E-state index contributed by atoms with van der Waals surface area (Å²) in [6, 6.07) is 15.2. The Labute approximate surface area is 176 Å². The highest BCUT2D eigenvalue weighted by Gasteiger charge is 2.12. The van der Waals surface area contributed by atoms with Crippen molar-refractivity contribution in [2.24, 2.45) is 0 Å². The molecule has 0 aliphatic carbocycles. The molecule has 1 heterocycles. The first-order valence-corrected chi connectivity index (χ1v) is 11.2. The van der Waals surface area contributed by atoms with Gasteiger partial charge in [-0.15, -0.1) is 0 Å². The van der Waals surface area contributed by atoms with Crippen molar-refractivity contribution in [3.8, 4) is 5.69 Å². The van der Waals surface area contributed by atoms with E-state index in [4.69, 9.17) is 12.2 Å². The van der Waals surface area contributed by atoms with E-state index >= 15 is 0 Å². The lowest BCUT2D eigenvalue weighted by atomic mass is 10.2. The van der Waals surface area contributed by atoms with Crippen molar-refractivity contribution in [1.29, 1.82) is 0 Å². The highest BCUT2D eigenvalue weighted by molar-refractivity contribution is 7.92. The van der Waals surface area contributed by atoms with Crippen LogP contribution in [-0.2, 0) is 16.6 Å². The number of hydrogen-bond acceptors (Lipinski definition) is 4. The number of hydrogen-bond donors (Lipinski definition) is 2. The first kappa shape index (κ1) is 20.8. The Morgan fingerprint density at radius 2 is 1.93 bits per heavy atom. The summed E-state index contributed by atoms with van der Waals surface area (Å²) in [4.78, 5) is 4.23. The van der Waals surface area contributed by atoms with Crippen LogP contribution in [0.5, 0.6) is 0 Å². The lowest BCUT2D eigenvalue weighted by Crippen LogP contribution is -2.28. The third kappa shape index (κ3) is 5.33. The quantitative estimate of drug-likeness (QED) is 0.587. The monoisotopic (exact) mass is 429 g/mol. The minimum atomic E-state index is -3.32. The van der Waals surface area contributed by atoms with Crippen molar-refractivity contribution < 1.29 is 8.42 Å². The van der Waals surface area contributed by atoms with Gasteiger partial charge in [0, 0.05) is 37.4 Å². The summed E-state index contributed by atoms with van der Waals surface area (Å²) in [5.74, 6) is 0.935. The summed E-state index contributed by atoms with van der Waals surface area (Å²) in [6.45, 7) is 2.53. The number of aromatic nitrogens is 2. The van der Waals surface area contributed by atoms with Gasteiger partial charge in [0.2, 0.25) is 10.0 Å². The molecular weight excluding hydrogens is 406 g/mol. The van der Waals surface area contributed by atoms with Crippen LogP contribution in [0.2, 0.25) is 0 Å². The Morgan fingerprint density at radius 1 is 1.21 bits per heavy atom. The van der Waals surface area contributed by atoms with Crippen molar-refractivity contribution in [2.75, 3.05) is 22.9 Å². The Bertz CT molecular complexity index is 1110. The maximum atomic E-state index is 11.7. The first-order valence-electron chi connectivity index (χ1n) is 8.92. The first-order chi connectivity index (χ1) is 13.7. The molecule has 2 aromatic carbocycles. The number of nitrogens with one attached hydrogen (secondary N) is 2. The van der Waals surface area contributed by atoms with Gasteiger partial charge in [-0.2, -0.15) is 0 Å². The van der Waals surface area contributed by atoms with Gasteiger partial charge in [-0.1, -0.05) is 18.2 Å². The van der Waals surface area contributed by atoms with E-state index in [1.807, 2.05) is 48.0 Å². The minimum absolute atomic E-state index is 0.457. The molecule has 3 rings (SSSR count). The molecule has 29 heavy (non-hydrogen) atoms. The molecule has 152 valence electrons. The van der Waals surface area contributed by atoms with E-state index < -0.39 is 10.0 Å². The number of nitrogens with zero attached hydrogens (tertiary/aromatic N) is 3. The summed E-state index contributed by atoms with van der Waals surface area (Å²) >= 11 is 5.36. The molecule has 9 heteroatoms. The highest BCUT2D eigenvalue weighted by Crippen LogP contribution is 2.20. The lowest BCUT2D eigenvalue weighted by molar-refractivity contribution is 0.600. The van der Waals surface area contributed by atoms with Gasteiger partial charge in [0.1, 0.15) is 5.82 Å². The van der Waals surface area contributed by atoms with Crippen LogP contribution in [0.25, 0.3) is 5.69 Å². The average Bonchev–Trinajstić information content (AvgIpc) is 3.11. The highest BCUT2D eigenvalue weighted by atomic mass is 32.2. The molecular formula is C20H23N5O2S2. The molecule has 1 aromatic heterocycles. The normalized spacial score (nSPS) is 11.1. The summed E-state index contributed by atoms with van der Waals surface area (Å²) in [5, 5.41) is 6.70. The standard InChI is InChI=1S/C20H23N5O2S2/c1-15-21-11-12-25(15)18-9-7-16(8-10-18)14-22-20(28)23-17-5-4-6-19(13-17)24(2)29(3,26)27/h4-13H,14H2,1-3H3,(H2,22,23,28). The van der Waals surface area contributed by atoms with Gasteiger partial charge < -0.3 is 15.2 Å². The lowest BCUT2D eigenvalue weighted by Gasteiger charge is -2.18. The summed E-state index contributed by atoms with van der Waals surface area (Å²) in [6.07, 6.45) is 4.87. The molecule has 0 spiro atoms. The SMILES string of the molecule is Cc1nccn1-c1ccc(CNC(=S)Nc2cccc(N(C)S(C)(=O)=O)c2)cc1. The van der Waals surface area contributed by atoms with Crippen LogP contribution < -0.4 is 14.9 Å². The summed E-state index contributed by atoms with van der Waals surface area (Å²) in [7, 11) is -1.80. The third-order valence-corrected chi connectivity index (χ3v) is 5.91. The molecule has 3 aromatic rings. The van der Waals surface area contributed by atoms with Crippen molar-refractivity contribution >= 4 is 38.7 Å². The number of imidazole rings is 1. The van der Waals surface area contributed by atoms with E-state index in [-0.39, 0.29) is 0 Å². The fraction of sp³-hybridized carbons (Fsp3) is 0.200. The zero-order valence-electron chi connectivity index (χ0n) is 16.5. The van der Waals surface area contributed by atoms with E-state index in [9.17, 15) is 8.42 Å². The predicted molar refractivity (Wildman–Crippen MR) is 121 cm³/mol. The zero-order valence-corrected chi connectivity index (χ0v) is 18.1. The number of aryl methyl sites for hydroxylation is 1. The van der Waals surface area contributed by atoms with E-state index in [0.717, 1.165) is 17.1 Å². The Hall–Kier alpha value is -2.91. The third-order valence-electron chi connectivity index (χ3n) is 4.46. The summed E-state index contributed by atoms with van der Waals surface area (Å²) < 4.78 is 26.6. The molecule has 0 fully saturated rings. The van der Waals surface area contributed by atoms with Crippen molar-refractivity contribution in [3.63, 3.8) is 0 Å². The fourth-order valence-corrected chi connectivity index (χ4v) is 3.44. The fourth-order valence-electron chi connectivity index (χ4n) is 2.75. The van der Waals surface area contributed by atoms with Crippen LogP contribution in [0.15, 0.2) is 60.9 Å². The maximum Gasteiger partial charge on any atom is 0.231 e. The van der Waals surface area contributed by atoms with Gasteiger partial charge in [-0.25, -0.2) is 13.4 Å². The Balaban J connectivity index is 1.58. The van der Waals surface area contributed by atoms with Gasteiger partial charge in [0.15, 0.2) is 5.11 Å². The Kier molecular flexibility index (Phi) is 6.19. The molecule has 2 N–H and O–H groups in total. The molecule has 0 atom stereocenters. The molecule has 0 amide bonds. The van der Waals surface area contributed by atoms with E-state index in [1.54, 1.807) is 24.4 Å². The van der Waals surface area contributed by atoms with Gasteiger partial charge in [-0.05, 0) is 55.0 Å². The van der Waals surface area contributed by atoms with E-state index in [1.165, 1.54) is 17.6 Å². The van der Waals surface area contributed by atoms with Gasteiger partial charge in [-0.3, -0.25) is 4.31 Å². The van der Waals surface area contributed by atoms with Crippen LogP contribution in [0, 0.1) is 6.92 Å².